The van der Waals surface area contributed by atoms with Crippen LogP contribution in [0, 0.1) is 11.8 Å². The van der Waals surface area contributed by atoms with Gasteiger partial charge in [-0.2, -0.15) is 0 Å². The molecule has 1 amide bonds. The lowest BCUT2D eigenvalue weighted by molar-refractivity contribution is -0.134. The third-order valence-corrected chi connectivity index (χ3v) is 7.03. The molecule has 7 nitrogen and oxygen atoms in total. The topological polar surface area (TPSA) is 69.2 Å². The Labute approximate surface area is 209 Å². The number of halogens is 1. The Morgan fingerprint density at radius 1 is 1.16 bits per heavy atom. The molecule has 1 aromatic carbocycles. The molecule has 2 unspecified atom stereocenters. The van der Waals surface area contributed by atoms with Crippen LogP contribution in [-0.4, -0.2) is 69.7 Å². The normalized spacial score (nSPS) is 23.9. The van der Waals surface area contributed by atoms with Crippen molar-refractivity contribution in [3.05, 3.63) is 24.3 Å². The zero-order valence-corrected chi connectivity index (χ0v) is 21.7. The number of nitrogens with one attached hydrogen (secondary N) is 2. The number of anilines is 1. The average Bonchev–Trinajstić information content (AvgIpc) is 3.58. The monoisotopic (exact) mass is 555 g/mol. The van der Waals surface area contributed by atoms with Crippen LogP contribution >= 0.6 is 24.0 Å². The number of guanidine groups is 1. The highest BCUT2D eigenvalue weighted by atomic mass is 127. The highest BCUT2D eigenvalue weighted by Gasteiger charge is 2.32. The van der Waals surface area contributed by atoms with Gasteiger partial charge in [-0.15, -0.1) is 24.0 Å². The van der Waals surface area contributed by atoms with Crippen LogP contribution in [0.15, 0.2) is 29.3 Å². The van der Waals surface area contributed by atoms with Gasteiger partial charge >= 0.3 is 0 Å². The van der Waals surface area contributed by atoms with E-state index in [1.165, 1.54) is 18.5 Å². The molecular formula is C24H38IN5O2. The smallest absolute Gasteiger partial charge is 0.225 e. The largest absolute Gasteiger partial charge is 0.497 e. The first-order chi connectivity index (χ1) is 15.2. The van der Waals surface area contributed by atoms with Crippen LogP contribution in [0.2, 0.25) is 0 Å². The number of likely N-dealkylation sites (tertiary alicyclic amines) is 1. The number of nitrogens with zero attached hydrogens (tertiary/aromatic N) is 3. The van der Waals surface area contributed by atoms with E-state index < -0.39 is 0 Å². The summed E-state index contributed by atoms with van der Waals surface area (Å²) in [4.78, 5) is 21.6. The van der Waals surface area contributed by atoms with Gasteiger partial charge in [0.25, 0.3) is 0 Å². The van der Waals surface area contributed by atoms with Crippen molar-refractivity contribution in [3.8, 4) is 5.75 Å². The van der Waals surface area contributed by atoms with Gasteiger partial charge in [0, 0.05) is 63.5 Å². The van der Waals surface area contributed by atoms with Gasteiger partial charge in [0.2, 0.25) is 5.91 Å². The summed E-state index contributed by atoms with van der Waals surface area (Å²) >= 11 is 0. The fourth-order valence-electron chi connectivity index (χ4n) is 5.18. The molecule has 2 aliphatic heterocycles. The van der Waals surface area contributed by atoms with E-state index in [1.54, 1.807) is 7.11 Å². The molecule has 0 spiro atoms. The fraction of sp³-hybridized carbons (Fsp3) is 0.667. The predicted octanol–water partition coefficient (Wildman–Crippen LogP) is 3.10. The minimum atomic E-state index is 0. The number of hydrogen-bond donors (Lipinski definition) is 2. The predicted molar refractivity (Wildman–Crippen MR) is 140 cm³/mol. The van der Waals surface area contributed by atoms with Gasteiger partial charge < -0.3 is 25.2 Å². The molecule has 0 aromatic heterocycles. The summed E-state index contributed by atoms with van der Waals surface area (Å²) < 4.78 is 5.36. The highest BCUT2D eigenvalue weighted by molar-refractivity contribution is 14.0. The number of carbonyl (C=O) groups is 1. The maximum absolute atomic E-state index is 12.7. The van der Waals surface area contributed by atoms with Gasteiger partial charge in [-0.05, 0) is 43.7 Å². The minimum absolute atomic E-state index is 0. The molecule has 2 saturated heterocycles. The van der Waals surface area contributed by atoms with E-state index in [0.29, 0.717) is 11.8 Å². The highest BCUT2D eigenvalue weighted by Crippen LogP contribution is 2.28. The van der Waals surface area contributed by atoms with Crippen molar-refractivity contribution in [2.24, 2.45) is 16.8 Å². The number of methoxy groups -OCH3 is 1. The molecule has 178 valence electrons. The summed E-state index contributed by atoms with van der Waals surface area (Å²) in [7, 11) is 3.53. The molecule has 1 aromatic rings. The lowest BCUT2D eigenvalue weighted by Gasteiger charge is -2.22. The SMILES string of the molecule is CN=C(NCC1CCN(c2cccc(OC)c2)C1)NC1CCN(C(=O)C2CCCC2)C1.I. The maximum Gasteiger partial charge on any atom is 0.225 e. The molecule has 2 heterocycles. The minimum Gasteiger partial charge on any atom is -0.497 e. The van der Waals surface area contributed by atoms with E-state index >= 15 is 0 Å². The van der Waals surface area contributed by atoms with Crippen molar-refractivity contribution in [1.82, 2.24) is 15.5 Å². The molecule has 8 heteroatoms. The molecule has 1 aliphatic carbocycles. The number of hydrogen-bond acceptors (Lipinski definition) is 4. The van der Waals surface area contributed by atoms with E-state index in [2.05, 4.69) is 37.6 Å². The van der Waals surface area contributed by atoms with Crippen molar-refractivity contribution in [2.45, 2.75) is 44.6 Å². The van der Waals surface area contributed by atoms with E-state index in [9.17, 15) is 4.79 Å². The molecule has 4 rings (SSSR count). The van der Waals surface area contributed by atoms with Crippen LogP contribution in [0.3, 0.4) is 0 Å². The Morgan fingerprint density at radius 3 is 2.72 bits per heavy atom. The van der Waals surface area contributed by atoms with Crippen molar-refractivity contribution < 1.29 is 9.53 Å². The Morgan fingerprint density at radius 2 is 1.97 bits per heavy atom. The second kappa shape index (κ2) is 12.0. The number of aliphatic imine (C=N–C) groups is 1. The lowest BCUT2D eigenvalue weighted by atomic mass is 10.1. The molecular weight excluding hydrogens is 517 g/mol. The zero-order valence-electron chi connectivity index (χ0n) is 19.4. The van der Waals surface area contributed by atoms with E-state index in [4.69, 9.17) is 4.74 Å². The van der Waals surface area contributed by atoms with Gasteiger partial charge in [0.05, 0.1) is 7.11 Å². The number of benzene rings is 1. The number of ether oxygens (including phenoxy) is 1. The Hall–Kier alpha value is -1.71. The first-order valence-electron chi connectivity index (χ1n) is 11.8. The van der Waals surface area contributed by atoms with Crippen LogP contribution < -0.4 is 20.3 Å². The second-order valence-electron chi connectivity index (χ2n) is 9.15. The van der Waals surface area contributed by atoms with Crippen molar-refractivity contribution in [2.75, 3.05) is 51.8 Å². The summed E-state index contributed by atoms with van der Waals surface area (Å²) in [6, 6.07) is 8.58. The zero-order chi connectivity index (χ0) is 21.6. The standard InChI is InChI=1S/C24H37N5O2.HI/c1-25-24(27-20-11-13-29(17-20)23(30)19-6-3-4-7-19)26-15-18-10-12-28(16-18)21-8-5-9-22(14-21)31-2;/h5,8-9,14,18-20H,3-4,6-7,10-13,15-17H2,1-2H3,(H2,25,26,27);1H. The first kappa shape index (κ1) is 24.9. The van der Waals surface area contributed by atoms with E-state index in [0.717, 1.165) is 70.1 Å². The number of rotatable bonds is 6. The summed E-state index contributed by atoms with van der Waals surface area (Å²) in [6.07, 6.45) is 6.72. The van der Waals surface area contributed by atoms with Gasteiger partial charge in [-0.1, -0.05) is 18.9 Å². The molecule has 3 fully saturated rings. The first-order valence-corrected chi connectivity index (χ1v) is 11.8. The molecule has 0 radical (unpaired) electrons. The lowest BCUT2D eigenvalue weighted by Crippen LogP contribution is -2.46. The third-order valence-electron chi connectivity index (χ3n) is 7.03. The maximum atomic E-state index is 12.7. The number of amides is 1. The van der Waals surface area contributed by atoms with E-state index in [-0.39, 0.29) is 35.9 Å². The second-order valence-corrected chi connectivity index (χ2v) is 9.15. The van der Waals surface area contributed by atoms with Crippen LogP contribution in [-0.2, 0) is 4.79 Å². The Bertz CT molecular complexity index is 783. The van der Waals surface area contributed by atoms with Crippen molar-refractivity contribution in [3.63, 3.8) is 0 Å². The summed E-state index contributed by atoms with van der Waals surface area (Å²) in [5.74, 6) is 2.97. The molecule has 3 aliphatic rings. The summed E-state index contributed by atoms with van der Waals surface area (Å²) in [5, 5.41) is 7.05. The summed E-state index contributed by atoms with van der Waals surface area (Å²) in [6.45, 7) is 4.65. The molecule has 0 bridgehead atoms. The van der Waals surface area contributed by atoms with Crippen LogP contribution in [0.4, 0.5) is 5.69 Å². The molecule has 2 atom stereocenters. The van der Waals surface area contributed by atoms with Gasteiger partial charge in [0.15, 0.2) is 5.96 Å². The third kappa shape index (κ3) is 6.20. The Balaban J connectivity index is 0.00000289. The van der Waals surface area contributed by atoms with Crippen LogP contribution in [0.5, 0.6) is 5.75 Å². The van der Waals surface area contributed by atoms with Gasteiger partial charge in [0.1, 0.15) is 5.75 Å². The Kier molecular flexibility index (Phi) is 9.31. The molecule has 32 heavy (non-hydrogen) atoms. The van der Waals surface area contributed by atoms with Crippen LogP contribution in [0.1, 0.15) is 38.5 Å². The quantitative estimate of drug-likeness (QED) is 0.321. The van der Waals surface area contributed by atoms with Crippen LogP contribution in [0.25, 0.3) is 0 Å². The summed E-state index contributed by atoms with van der Waals surface area (Å²) in [5.41, 5.74) is 1.22. The average molecular weight is 556 g/mol. The fourth-order valence-corrected chi connectivity index (χ4v) is 5.18. The van der Waals surface area contributed by atoms with Gasteiger partial charge in [-0.25, -0.2) is 0 Å². The molecule has 2 N–H and O–H groups in total. The van der Waals surface area contributed by atoms with Crippen molar-refractivity contribution >= 4 is 41.5 Å². The number of carbonyl (C=O) groups excluding carboxylic acids is 1. The van der Waals surface area contributed by atoms with Crippen molar-refractivity contribution in [1.29, 1.82) is 0 Å². The van der Waals surface area contributed by atoms with E-state index in [1.807, 2.05) is 19.2 Å². The molecule has 1 saturated carbocycles. The van der Waals surface area contributed by atoms with Gasteiger partial charge in [-0.3, -0.25) is 9.79 Å².